The molecule has 0 radical (unpaired) electrons. The van der Waals surface area contributed by atoms with E-state index in [0.29, 0.717) is 23.6 Å². The standard InChI is InChI=1S/C17H23NO5S/c1-4-5-6-17(19)18(13-9-10-24(20,21)12-13)15-8-7-14(22-2)11-16(15)23-3/h7-11,13H,4-6,12H2,1-3H3/t13-/m1/s1. The first-order valence-electron chi connectivity index (χ1n) is 7.87. The normalized spacial score (nSPS) is 18.4. The number of carbonyl (C=O) groups excluding carboxylic acids is 1. The Labute approximate surface area is 143 Å². The average molecular weight is 353 g/mol. The number of nitrogens with zero attached hydrogens (tertiary/aromatic N) is 1. The van der Waals surface area contributed by atoms with Crippen LogP contribution in [0.3, 0.4) is 0 Å². The van der Waals surface area contributed by atoms with Gasteiger partial charge in [-0.2, -0.15) is 0 Å². The summed E-state index contributed by atoms with van der Waals surface area (Å²) >= 11 is 0. The predicted octanol–water partition coefficient (Wildman–Crippen LogP) is 2.54. The molecule has 2 rings (SSSR count). The van der Waals surface area contributed by atoms with Crippen LogP contribution >= 0.6 is 0 Å². The summed E-state index contributed by atoms with van der Waals surface area (Å²) in [7, 11) is -0.220. The summed E-state index contributed by atoms with van der Waals surface area (Å²) in [4.78, 5) is 14.3. The summed E-state index contributed by atoms with van der Waals surface area (Å²) < 4.78 is 34.2. The van der Waals surface area contributed by atoms with Crippen molar-refractivity contribution in [3.63, 3.8) is 0 Å². The molecule has 1 amide bonds. The third-order valence-electron chi connectivity index (χ3n) is 3.90. The van der Waals surface area contributed by atoms with Crippen molar-refractivity contribution in [2.45, 2.75) is 32.2 Å². The zero-order valence-corrected chi connectivity index (χ0v) is 15.0. The number of unbranched alkanes of at least 4 members (excludes halogenated alkanes) is 1. The molecule has 1 aliphatic rings. The first kappa shape index (κ1) is 18.3. The van der Waals surface area contributed by atoms with Crippen molar-refractivity contribution in [2.24, 2.45) is 0 Å². The number of rotatable bonds is 7. The van der Waals surface area contributed by atoms with Crippen LogP contribution in [-0.2, 0) is 14.6 Å². The van der Waals surface area contributed by atoms with Crippen LogP contribution in [0, 0.1) is 0 Å². The van der Waals surface area contributed by atoms with Gasteiger partial charge in [0.25, 0.3) is 0 Å². The first-order valence-corrected chi connectivity index (χ1v) is 9.58. The van der Waals surface area contributed by atoms with E-state index >= 15 is 0 Å². The number of hydrogen-bond acceptors (Lipinski definition) is 5. The second-order valence-electron chi connectivity index (χ2n) is 5.63. The molecule has 0 bridgehead atoms. The van der Waals surface area contributed by atoms with E-state index in [9.17, 15) is 13.2 Å². The van der Waals surface area contributed by atoms with Crippen molar-refractivity contribution in [3.8, 4) is 11.5 Å². The van der Waals surface area contributed by atoms with Crippen LogP contribution in [0.25, 0.3) is 0 Å². The van der Waals surface area contributed by atoms with Gasteiger partial charge in [-0.3, -0.25) is 4.79 Å². The Balaban J connectivity index is 2.42. The number of benzene rings is 1. The Morgan fingerprint density at radius 1 is 1.29 bits per heavy atom. The minimum atomic E-state index is -3.27. The van der Waals surface area contributed by atoms with Crippen molar-refractivity contribution >= 4 is 21.4 Å². The number of sulfone groups is 1. The van der Waals surface area contributed by atoms with Crippen molar-refractivity contribution in [1.29, 1.82) is 0 Å². The molecule has 0 unspecified atom stereocenters. The lowest BCUT2D eigenvalue weighted by Crippen LogP contribution is -2.41. The topological polar surface area (TPSA) is 72.9 Å². The van der Waals surface area contributed by atoms with E-state index in [4.69, 9.17) is 9.47 Å². The molecule has 1 atom stereocenters. The predicted molar refractivity (Wildman–Crippen MR) is 93.3 cm³/mol. The van der Waals surface area contributed by atoms with Gasteiger partial charge >= 0.3 is 0 Å². The molecule has 0 fully saturated rings. The second kappa shape index (κ2) is 7.70. The van der Waals surface area contributed by atoms with Crippen molar-refractivity contribution < 1.29 is 22.7 Å². The average Bonchev–Trinajstić information content (AvgIpc) is 2.92. The van der Waals surface area contributed by atoms with Crippen molar-refractivity contribution in [2.75, 3.05) is 24.9 Å². The Bertz CT molecular complexity index is 726. The zero-order chi connectivity index (χ0) is 17.7. The molecule has 7 heteroatoms. The molecule has 1 aromatic rings. The third kappa shape index (κ3) is 4.08. The number of carbonyl (C=O) groups is 1. The summed E-state index contributed by atoms with van der Waals surface area (Å²) in [5, 5.41) is 1.17. The van der Waals surface area contributed by atoms with E-state index in [2.05, 4.69) is 0 Å². The maximum absolute atomic E-state index is 12.7. The number of hydrogen-bond donors (Lipinski definition) is 0. The fourth-order valence-electron chi connectivity index (χ4n) is 2.65. The molecule has 0 aromatic heterocycles. The molecule has 132 valence electrons. The minimum absolute atomic E-state index is 0.111. The fourth-order valence-corrected chi connectivity index (χ4v) is 3.92. The van der Waals surface area contributed by atoms with Crippen LogP contribution in [0.2, 0.25) is 0 Å². The first-order chi connectivity index (χ1) is 11.4. The van der Waals surface area contributed by atoms with Crippen molar-refractivity contribution in [1.82, 2.24) is 0 Å². The molecule has 0 saturated heterocycles. The molecule has 1 aliphatic heterocycles. The summed E-state index contributed by atoms with van der Waals surface area (Å²) in [6, 6.07) is 4.61. The highest BCUT2D eigenvalue weighted by molar-refractivity contribution is 7.94. The van der Waals surface area contributed by atoms with Gasteiger partial charge in [-0.25, -0.2) is 8.42 Å². The van der Waals surface area contributed by atoms with Gasteiger partial charge in [0.1, 0.15) is 11.5 Å². The van der Waals surface area contributed by atoms with Gasteiger partial charge in [-0.05, 0) is 24.6 Å². The highest BCUT2D eigenvalue weighted by atomic mass is 32.2. The van der Waals surface area contributed by atoms with Gasteiger partial charge in [-0.1, -0.05) is 13.3 Å². The third-order valence-corrected chi connectivity index (χ3v) is 5.28. The molecular weight excluding hydrogens is 330 g/mol. The highest BCUT2D eigenvalue weighted by Crippen LogP contribution is 2.35. The van der Waals surface area contributed by atoms with Crippen LogP contribution in [0.1, 0.15) is 26.2 Å². The molecule has 0 spiro atoms. The molecule has 0 saturated carbocycles. The van der Waals surface area contributed by atoms with E-state index in [1.54, 1.807) is 31.4 Å². The lowest BCUT2D eigenvalue weighted by Gasteiger charge is -2.29. The fraction of sp³-hybridized carbons (Fsp3) is 0.471. The highest BCUT2D eigenvalue weighted by Gasteiger charge is 2.32. The molecule has 0 aliphatic carbocycles. The molecule has 6 nitrogen and oxygen atoms in total. The Kier molecular flexibility index (Phi) is 5.88. The monoisotopic (exact) mass is 353 g/mol. The molecule has 1 heterocycles. The van der Waals surface area contributed by atoms with E-state index in [0.717, 1.165) is 12.8 Å². The van der Waals surface area contributed by atoms with Gasteiger partial charge in [0, 0.05) is 17.9 Å². The van der Waals surface area contributed by atoms with Crippen molar-refractivity contribution in [3.05, 3.63) is 29.7 Å². The molecule has 1 aromatic carbocycles. The summed E-state index contributed by atoms with van der Waals surface area (Å²) in [5.41, 5.74) is 0.547. The van der Waals surface area contributed by atoms with Crippen LogP contribution in [-0.4, -0.2) is 40.3 Å². The number of ether oxygens (including phenoxy) is 2. The largest absolute Gasteiger partial charge is 0.497 e. The van der Waals surface area contributed by atoms with Crippen LogP contribution < -0.4 is 14.4 Å². The van der Waals surface area contributed by atoms with Crippen LogP contribution in [0.15, 0.2) is 29.7 Å². The SMILES string of the molecule is CCCCC(=O)N(c1ccc(OC)cc1OC)[C@@H]1C=CS(=O)(=O)C1. The second-order valence-corrected chi connectivity index (χ2v) is 7.56. The number of anilines is 1. The number of amides is 1. The minimum Gasteiger partial charge on any atom is -0.497 e. The molecule has 0 N–H and O–H groups in total. The lowest BCUT2D eigenvalue weighted by atomic mass is 10.1. The Morgan fingerprint density at radius 2 is 2.04 bits per heavy atom. The van der Waals surface area contributed by atoms with Gasteiger partial charge in [0.15, 0.2) is 9.84 Å². The van der Waals surface area contributed by atoms with Gasteiger partial charge in [0.05, 0.1) is 31.7 Å². The van der Waals surface area contributed by atoms with Crippen LogP contribution in [0.4, 0.5) is 5.69 Å². The quantitative estimate of drug-likeness (QED) is 0.753. The van der Waals surface area contributed by atoms with Gasteiger partial charge in [0.2, 0.25) is 5.91 Å². The molecular formula is C17H23NO5S. The zero-order valence-electron chi connectivity index (χ0n) is 14.2. The van der Waals surface area contributed by atoms with Gasteiger partial charge < -0.3 is 14.4 Å². The van der Waals surface area contributed by atoms with E-state index in [1.165, 1.54) is 17.4 Å². The smallest absolute Gasteiger partial charge is 0.227 e. The van der Waals surface area contributed by atoms with Crippen LogP contribution in [0.5, 0.6) is 11.5 Å². The Morgan fingerprint density at radius 3 is 2.58 bits per heavy atom. The van der Waals surface area contributed by atoms with E-state index in [-0.39, 0.29) is 11.7 Å². The summed E-state index contributed by atoms with van der Waals surface area (Å²) in [6.07, 6.45) is 3.55. The molecule has 24 heavy (non-hydrogen) atoms. The number of methoxy groups -OCH3 is 2. The maximum atomic E-state index is 12.7. The summed E-state index contributed by atoms with van der Waals surface area (Å²) in [5.74, 6) is 0.843. The Hall–Kier alpha value is -2.02. The van der Waals surface area contributed by atoms with E-state index in [1.807, 2.05) is 6.92 Å². The maximum Gasteiger partial charge on any atom is 0.227 e. The van der Waals surface area contributed by atoms with Gasteiger partial charge in [-0.15, -0.1) is 0 Å². The lowest BCUT2D eigenvalue weighted by molar-refractivity contribution is -0.119. The summed E-state index contributed by atoms with van der Waals surface area (Å²) in [6.45, 7) is 2.01. The van der Waals surface area contributed by atoms with E-state index < -0.39 is 15.9 Å².